The Morgan fingerprint density at radius 3 is 2.58 bits per heavy atom. The summed E-state index contributed by atoms with van der Waals surface area (Å²) in [6.45, 7) is 10.2. The van der Waals surface area contributed by atoms with Gasteiger partial charge in [-0.15, -0.1) is 24.0 Å². The number of rotatable bonds is 8. The Hall–Kier alpha value is -1.62. The molecule has 0 radical (unpaired) electrons. The van der Waals surface area contributed by atoms with Crippen molar-refractivity contribution in [3.63, 3.8) is 0 Å². The number of aromatic nitrogens is 1. The maximum absolute atomic E-state index is 12.6. The molecule has 3 fully saturated rings. The molecule has 3 aliphatic rings. The first-order valence-corrected chi connectivity index (χ1v) is 12.3. The SMILES string of the molecule is CCNC(=NCc1ccnc(OCC2CC2)c1)N1CCN(CC(=O)N2CCCCC2)CC1.I. The van der Waals surface area contributed by atoms with Gasteiger partial charge in [-0.3, -0.25) is 9.69 Å². The van der Waals surface area contributed by atoms with Crippen LogP contribution in [-0.2, 0) is 11.3 Å². The Kier molecular flexibility index (Phi) is 10.5. The van der Waals surface area contributed by atoms with Crippen molar-refractivity contribution >= 4 is 35.8 Å². The predicted molar refractivity (Wildman–Crippen MR) is 141 cm³/mol. The van der Waals surface area contributed by atoms with Crippen LogP contribution < -0.4 is 10.1 Å². The molecule has 1 amide bonds. The normalized spacial score (nSPS) is 19.7. The zero-order chi connectivity index (χ0) is 22.2. The number of halogens is 1. The molecule has 0 spiro atoms. The fourth-order valence-corrected chi connectivity index (χ4v) is 4.26. The van der Waals surface area contributed by atoms with E-state index in [1.54, 1.807) is 6.20 Å². The van der Waals surface area contributed by atoms with Gasteiger partial charge in [0.25, 0.3) is 0 Å². The summed E-state index contributed by atoms with van der Waals surface area (Å²) in [7, 11) is 0. The summed E-state index contributed by atoms with van der Waals surface area (Å²) in [6, 6.07) is 4.00. The molecule has 1 saturated carbocycles. The molecule has 3 heterocycles. The summed E-state index contributed by atoms with van der Waals surface area (Å²) in [4.78, 5) is 28.4. The van der Waals surface area contributed by atoms with Crippen molar-refractivity contribution in [2.45, 2.75) is 45.6 Å². The fourth-order valence-electron chi connectivity index (χ4n) is 4.26. The average Bonchev–Trinajstić information content (AvgIpc) is 3.66. The molecule has 1 N–H and O–H groups in total. The van der Waals surface area contributed by atoms with E-state index < -0.39 is 0 Å². The quantitative estimate of drug-likeness (QED) is 0.295. The molecule has 1 aromatic heterocycles. The fraction of sp³-hybridized carbons (Fsp3) is 0.708. The van der Waals surface area contributed by atoms with E-state index in [9.17, 15) is 4.79 Å². The maximum Gasteiger partial charge on any atom is 0.236 e. The van der Waals surface area contributed by atoms with Gasteiger partial charge in [0, 0.05) is 58.1 Å². The number of piperazine rings is 1. The van der Waals surface area contributed by atoms with Crippen molar-refractivity contribution in [3.8, 4) is 5.88 Å². The number of nitrogens with zero attached hydrogens (tertiary/aromatic N) is 5. The van der Waals surface area contributed by atoms with Crippen LogP contribution in [-0.4, -0.2) is 90.5 Å². The number of amides is 1. The van der Waals surface area contributed by atoms with Crippen molar-refractivity contribution in [2.24, 2.45) is 10.9 Å². The summed E-state index contributed by atoms with van der Waals surface area (Å²) in [5, 5.41) is 3.43. The van der Waals surface area contributed by atoms with Crippen molar-refractivity contribution in [3.05, 3.63) is 23.9 Å². The standard InChI is InChI=1S/C24H38N6O2.HI/c1-2-25-24(27-17-21-8-9-26-22(16-21)32-19-20-6-7-20)30-14-12-28(13-15-30)18-23(31)29-10-4-3-5-11-29;/h8-9,16,20H,2-7,10-15,17-19H2,1H3,(H,25,27);1H. The molecule has 0 unspecified atom stereocenters. The van der Waals surface area contributed by atoms with Gasteiger partial charge in [0.2, 0.25) is 11.8 Å². The minimum atomic E-state index is 0. The molecular formula is C24H39IN6O2. The highest BCUT2D eigenvalue weighted by atomic mass is 127. The smallest absolute Gasteiger partial charge is 0.236 e. The van der Waals surface area contributed by atoms with Crippen molar-refractivity contribution < 1.29 is 9.53 Å². The number of likely N-dealkylation sites (tertiary alicyclic amines) is 1. The number of carbonyl (C=O) groups excluding carboxylic acids is 1. The van der Waals surface area contributed by atoms with Crippen molar-refractivity contribution in [1.82, 2.24) is 25.0 Å². The Morgan fingerprint density at radius 1 is 1.12 bits per heavy atom. The highest BCUT2D eigenvalue weighted by Crippen LogP contribution is 2.29. The minimum Gasteiger partial charge on any atom is -0.477 e. The third-order valence-electron chi connectivity index (χ3n) is 6.45. The second-order valence-corrected chi connectivity index (χ2v) is 9.13. The monoisotopic (exact) mass is 570 g/mol. The molecule has 4 rings (SSSR count). The van der Waals surface area contributed by atoms with Crippen LogP contribution in [0.2, 0.25) is 0 Å². The lowest BCUT2D eigenvalue weighted by Crippen LogP contribution is -2.54. The highest BCUT2D eigenvalue weighted by Gasteiger charge is 2.24. The first kappa shape index (κ1) is 26.0. The van der Waals surface area contributed by atoms with E-state index in [0.717, 1.165) is 76.8 Å². The van der Waals surface area contributed by atoms with Gasteiger partial charge in [-0.05, 0) is 56.6 Å². The van der Waals surface area contributed by atoms with Gasteiger partial charge in [-0.1, -0.05) is 0 Å². The summed E-state index contributed by atoms with van der Waals surface area (Å²) < 4.78 is 5.81. The maximum atomic E-state index is 12.6. The number of carbonyl (C=O) groups is 1. The zero-order valence-electron chi connectivity index (χ0n) is 19.9. The Balaban J connectivity index is 0.00000306. The van der Waals surface area contributed by atoms with Gasteiger partial charge in [-0.25, -0.2) is 9.98 Å². The van der Waals surface area contributed by atoms with E-state index in [1.807, 2.05) is 17.0 Å². The molecule has 2 aliphatic heterocycles. The van der Waals surface area contributed by atoms with Gasteiger partial charge >= 0.3 is 0 Å². The molecule has 33 heavy (non-hydrogen) atoms. The molecule has 9 heteroatoms. The summed E-state index contributed by atoms with van der Waals surface area (Å²) in [5.74, 6) is 2.64. The molecule has 0 bridgehead atoms. The van der Waals surface area contributed by atoms with Crippen LogP contribution in [0.1, 0.15) is 44.6 Å². The molecule has 0 atom stereocenters. The third kappa shape index (κ3) is 8.27. The first-order valence-electron chi connectivity index (χ1n) is 12.3. The average molecular weight is 571 g/mol. The van der Waals surface area contributed by atoms with Gasteiger partial charge in [0.05, 0.1) is 19.7 Å². The zero-order valence-corrected chi connectivity index (χ0v) is 22.2. The number of pyridine rings is 1. The third-order valence-corrected chi connectivity index (χ3v) is 6.45. The van der Waals surface area contributed by atoms with E-state index in [1.165, 1.54) is 19.3 Å². The number of hydrogen-bond acceptors (Lipinski definition) is 5. The van der Waals surface area contributed by atoms with Crippen LogP contribution in [0.25, 0.3) is 0 Å². The molecular weight excluding hydrogens is 531 g/mol. The molecule has 0 aromatic carbocycles. The summed E-state index contributed by atoms with van der Waals surface area (Å²) >= 11 is 0. The number of hydrogen-bond donors (Lipinski definition) is 1. The lowest BCUT2D eigenvalue weighted by molar-refractivity contribution is -0.133. The molecule has 8 nitrogen and oxygen atoms in total. The van der Waals surface area contributed by atoms with E-state index in [2.05, 4.69) is 27.0 Å². The van der Waals surface area contributed by atoms with Gasteiger partial charge in [-0.2, -0.15) is 0 Å². The lowest BCUT2D eigenvalue weighted by Gasteiger charge is -2.37. The lowest BCUT2D eigenvalue weighted by atomic mass is 10.1. The summed E-state index contributed by atoms with van der Waals surface area (Å²) in [5.41, 5.74) is 1.10. The Morgan fingerprint density at radius 2 is 1.88 bits per heavy atom. The second kappa shape index (κ2) is 13.3. The van der Waals surface area contributed by atoms with Gasteiger partial charge < -0.3 is 19.9 Å². The second-order valence-electron chi connectivity index (χ2n) is 9.13. The number of ether oxygens (including phenoxy) is 1. The minimum absolute atomic E-state index is 0. The van der Waals surface area contributed by atoms with Crippen LogP contribution >= 0.6 is 24.0 Å². The molecule has 2 saturated heterocycles. The van der Waals surface area contributed by atoms with E-state index in [-0.39, 0.29) is 29.9 Å². The predicted octanol–water partition coefficient (Wildman–Crippen LogP) is 2.58. The van der Waals surface area contributed by atoms with Crippen LogP contribution in [0.4, 0.5) is 0 Å². The van der Waals surface area contributed by atoms with Gasteiger partial charge in [0.1, 0.15) is 0 Å². The van der Waals surface area contributed by atoms with Crippen LogP contribution in [0.5, 0.6) is 5.88 Å². The van der Waals surface area contributed by atoms with Gasteiger partial charge in [0.15, 0.2) is 5.96 Å². The molecule has 1 aliphatic carbocycles. The van der Waals surface area contributed by atoms with Crippen LogP contribution in [0.15, 0.2) is 23.3 Å². The highest BCUT2D eigenvalue weighted by molar-refractivity contribution is 14.0. The molecule has 184 valence electrons. The number of piperidine rings is 1. The Labute approximate surface area is 215 Å². The van der Waals surface area contributed by atoms with Crippen LogP contribution in [0.3, 0.4) is 0 Å². The largest absolute Gasteiger partial charge is 0.477 e. The number of nitrogens with one attached hydrogen (secondary N) is 1. The first-order chi connectivity index (χ1) is 15.7. The topological polar surface area (TPSA) is 73.3 Å². The Bertz CT molecular complexity index is 774. The number of guanidine groups is 1. The van der Waals surface area contributed by atoms with Crippen LogP contribution in [0, 0.1) is 5.92 Å². The van der Waals surface area contributed by atoms with E-state index in [4.69, 9.17) is 9.73 Å². The van der Waals surface area contributed by atoms with Crippen molar-refractivity contribution in [1.29, 1.82) is 0 Å². The van der Waals surface area contributed by atoms with E-state index >= 15 is 0 Å². The van der Waals surface area contributed by atoms with E-state index in [0.29, 0.717) is 24.9 Å². The van der Waals surface area contributed by atoms with Crippen molar-refractivity contribution in [2.75, 3.05) is 59.0 Å². The molecule has 1 aromatic rings. The number of aliphatic imine (C=N–C) groups is 1. The summed E-state index contributed by atoms with van der Waals surface area (Å²) in [6.07, 6.45) is 7.90.